The van der Waals surface area contributed by atoms with Crippen LogP contribution in [0.25, 0.3) is 0 Å². The molecule has 2 rings (SSSR count). The van der Waals surface area contributed by atoms with Gasteiger partial charge in [0.25, 0.3) is 5.91 Å². The minimum absolute atomic E-state index is 0.208. The van der Waals surface area contributed by atoms with E-state index in [-0.39, 0.29) is 10.8 Å². The fourth-order valence-corrected chi connectivity index (χ4v) is 2.52. The molecule has 0 aliphatic carbocycles. The Kier molecular flexibility index (Phi) is 4.20. The van der Waals surface area contributed by atoms with E-state index in [1.165, 1.54) is 18.3 Å². The van der Waals surface area contributed by atoms with Crippen LogP contribution in [0.2, 0.25) is 0 Å². The number of halogens is 1. The highest BCUT2D eigenvalue weighted by Gasteiger charge is 2.09. The number of hydrogen-bond acceptors (Lipinski definition) is 4. The monoisotopic (exact) mass is 354 g/mol. The smallest absolute Gasteiger partial charge is 0.257 e. The summed E-state index contributed by atoms with van der Waals surface area (Å²) in [6.45, 7) is 0. The summed E-state index contributed by atoms with van der Waals surface area (Å²) in [7, 11) is -3.23. The van der Waals surface area contributed by atoms with Gasteiger partial charge in [0.1, 0.15) is 0 Å². The fraction of sp³-hybridized carbons (Fsp3) is 0.0769. The third-order valence-electron chi connectivity index (χ3n) is 2.51. The number of anilines is 1. The second kappa shape index (κ2) is 5.72. The Morgan fingerprint density at radius 1 is 1.20 bits per heavy atom. The molecule has 0 aliphatic rings. The van der Waals surface area contributed by atoms with E-state index < -0.39 is 9.84 Å². The van der Waals surface area contributed by atoms with Gasteiger partial charge in [0.2, 0.25) is 0 Å². The maximum absolute atomic E-state index is 12.0. The molecule has 104 valence electrons. The maximum atomic E-state index is 12.0. The van der Waals surface area contributed by atoms with Crippen molar-refractivity contribution in [3.05, 3.63) is 52.8 Å². The van der Waals surface area contributed by atoms with E-state index in [9.17, 15) is 13.2 Å². The Hall–Kier alpha value is -1.73. The van der Waals surface area contributed by atoms with E-state index in [0.717, 1.165) is 6.26 Å². The van der Waals surface area contributed by atoms with Crippen molar-refractivity contribution >= 4 is 37.4 Å². The fourth-order valence-electron chi connectivity index (χ4n) is 1.52. The summed E-state index contributed by atoms with van der Waals surface area (Å²) in [6.07, 6.45) is 4.16. The van der Waals surface area contributed by atoms with Crippen molar-refractivity contribution in [3.63, 3.8) is 0 Å². The van der Waals surface area contributed by atoms with E-state index in [4.69, 9.17) is 0 Å². The van der Waals surface area contributed by atoms with Crippen LogP contribution in [0, 0.1) is 0 Å². The molecule has 0 saturated heterocycles. The van der Waals surface area contributed by atoms with Crippen molar-refractivity contribution in [2.75, 3.05) is 11.6 Å². The van der Waals surface area contributed by atoms with Crippen LogP contribution in [0.3, 0.4) is 0 Å². The third-order valence-corrected chi connectivity index (χ3v) is 4.07. The van der Waals surface area contributed by atoms with Gasteiger partial charge in [-0.05, 0) is 46.3 Å². The number of pyridine rings is 1. The van der Waals surface area contributed by atoms with Gasteiger partial charge in [-0.15, -0.1) is 0 Å². The number of carbonyl (C=O) groups excluding carboxylic acids is 1. The average Bonchev–Trinajstić information content (AvgIpc) is 2.38. The molecular weight excluding hydrogens is 344 g/mol. The van der Waals surface area contributed by atoms with E-state index in [2.05, 4.69) is 26.2 Å². The molecule has 20 heavy (non-hydrogen) atoms. The molecule has 5 nitrogen and oxygen atoms in total. The van der Waals surface area contributed by atoms with Crippen LogP contribution in [0.5, 0.6) is 0 Å². The van der Waals surface area contributed by atoms with E-state index in [0.29, 0.717) is 15.7 Å². The van der Waals surface area contributed by atoms with Gasteiger partial charge < -0.3 is 5.32 Å². The second-order valence-corrected chi connectivity index (χ2v) is 7.07. The minimum Gasteiger partial charge on any atom is -0.322 e. The molecule has 0 spiro atoms. The zero-order chi connectivity index (χ0) is 14.8. The Morgan fingerprint density at radius 2 is 1.85 bits per heavy atom. The van der Waals surface area contributed by atoms with Gasteiger partial charge in [-0.25, -0.2) is 8.42 Å². The average molecular weight is 355 g/mol. The first-order chi connectivity index (χ1) is 9.36. The van der Waals surface area contributed by atoms with Gasteiger partial charge in [0.05, 0.1) is 10.5 Å². The predicted octanol–water partition coefficient (Wildman–Crippen LogP) is 2.50. The summed E-state index contributed by atoms with van der Waals surface area (Å²) < 4.78 is 23.4. The lowest BCUT2D eigenvalue weighted by Crippen LogP contribution is -2.12. The number of benzene rings is 1. The molecule has 1 heterocycles. The molecular formula is C13H11BrN2O3S. The SMILES string of the molecule is CS(=O)(=O)c1ccc(NC(=O)c2cncc(Br)c2)cc1. The Labute approximate surface area is 125 Å². The first-order valence-corrected chi connectivity index (χ1v) is 8.27. The number of carbonyl (C=O) groups is 1. The molecule has 0 saturated carbocycles. The number of sulfone groups is 1. The summed E-state index contributed by atoms with van der Waals surface area (Å²) in [5.74, 6) is -0.314. The van der Waals surface area contributed by atoms with Gasteiger partial charge in [0.15, 0.2) is 9.84 Å². The molecule has 0 radical (unpaired) electrons. The van der Waals surface area contributed by atoms with Gasteiger partial charge in [-0.2, -0.15) is 0 Å². The van der Waals surface area contributed by atoms with Crippen molar-refractivity contribution in [3.8, 4) is 0 Å². The summed E-state index contributed by atoms with van der Waals surface area (Å²) >= 11 is 3.24. The molecule has 1 amide bonds. The van der Waals surface area contributed by atoms with Crippen LogP contribution in [-0.4, -0.2) is 25.6 Å². The molecule has 1 aromatic carbocycles. The van der Waals surface area contributed by atoms with Crippen LogP contribution >= 0.6 is 15.9 Å². The van der Waals surface area contributed by atoms with E-state index in [1.807, 2.05) is 0 Å². The molecule has 1 N–H and O–H groups in total. The highest BCUT2D eigenvalue weighted by molar-refractivity contribution is 9.10. The normalized spacial score (nSPS) is 11.1. The summed E-state index contributed by atoms with van der Waals surface area (Å²) in [5, 5.41) is 2.67. The molecule has 7 heteroatoms. The quantitative estimate of drug-likeness (QED) is 0.918. The number of amides is 1. The van der Waals surface area contributed by atoms with Crippen LogP contribution in [0.15, 0.2) is 52.1 Å². The molecule has 2 aromatic rings. The minimum atomic E-state index is -3.23. The van der Waals surface area contributed by atoms with Gasteiger partial charge in [-0.3, -0.25) is 9.78 Å². The Bertz CT molecular complexity index is 742. The Morgan fingerprint density at radius 3 is 2.40 bits per heavy atom. The lowest BCUT2D eigenvalue weighted by atomic mass is 10.2. The maximum Gasteiger partial charge on any atom is 0.257 e. The first-order valence-electron chi connectivity index (χ1n) is 5.58. The highest BCUT2D eigenvalue weighted by atomic mass is 79.9. The molecule has 0 unspecified atom stereocenters. The molecule has 0 fully saturated rings. The van der Waals surface area contributed by atoms with Gasteiger partial charge in [-0.1, -0.05) is 0 Å². The van der Waals surface area contributed by atoms with E-state index in [1.54, 1.807) is 24.4 Å². The molecule has 0 bridgehead atoms. The van der Waals surface area contributed by atoms with Gasteiger partial charge >= 0.3 is 0 Å². The number of aromatic nitrogens is 1. The molecule has 0 atom stereocenters. The van der Waals surface area contributed by atoms with Crippen LogP contribution in [0.1, 0.15) is 10.4 Å². The zero-order valence-electron chi connectivity index (χ0n) is 10.5. The van der Waals surface area contributed by atoms with Crippen LogP contribution in [0.4, 0.5) is 5.69 Å². The first kappa shape index (κ1) is 14.7. The predicted molar refractivity (Wildman–Crippen MR) is 79.4 cm³/mol. The van der Waals surface area contributed by atoms with Crippen LogP contribution in [-0.2, 0) is 9.84 Å². The van der Waals surface area contributed by atoms with Crippen molar-refractivity contribution in [1.82, 2.24) is 4.98 Å². The standard InChI is InChI=1S/C13H11BrN2O3S/c1-20(18,19)12-4-2-11(3-5-12)16-13(17)9-6-10(14)8-15-7-9/h2-8H,1H3,(H,16,17). The number of rotatable bonds is 3. The topological polar surface area (TPSA) is 76.1 Å². The Balaban J connectivity index is 2.16. The molecule has 1 aromatic heterocycles. The highest BCUT2D eigenvalue weighted by Crippen LogP contribution is 2.16. The van der Waals surface area contributed by atoms with Crippen LogP contribution < -0.4 is 5.32 Å². The second-order valence-electron chi connectivity index (χ2n) is 4.14. The third kappa shape index (κ3) is 3.64. The largest absolute Gasteiger partial charge is 0.322 e. The number of hydrogen-bond donors (Lipinski definition) is 1. The summed E-state index contributed by atoms with van der Waals surface area (Å²) in [4.78, 5) is 16.1. The number of nitrogens with one attached hydrogen (secondary N) is 1. The van der Waals surface area contributed by atoms with Crippen molar-refractivity contribution in [1.29, 1.82) is 0 Å². The van der Waals surface area contributed by atoms with Gasteiger partial charge in [0, 0.05) is 28.8 Å². The lowest BCUT2D eigenvalue weighted by molar-refractivity contribution is 0.102. The summed E-state index contributed by atoms with van der Waals surface area (Å²) in [6, 6.07) is 7.63. The number of nitrogens with zero attached hydrogens (tertiary/aromatic N) is 1. The van der Waals surface area contributed by atoms with Crippen molar-refractivity contribution < 1.29 is 13.2 Å². The van der Waals surface area contributed by atoms with E-state index >= 15 is 0 Å². The van der Waals surface area contributed by atoms with Crippen molar-refractivity contribution in [2.45, 2.75) is 4.90 Å². The summed E-state index contributed by atoms with van der Waals surface area (Å²) in [5.41, 5.74) is 0.925. The molecule has 0 aliphatic heterocycles. The zero-order valence-corrected chi connectivity index (χ0v) is 12.9. The lowest BCUT2D eigenvalue weighted by Gasteiger charge is -2.06. The van der Waals surface area contributed by atoms with Crippen molar-refractivity contribution in [2.24, 2.45) is 0 Å².